The summed E-state index contributed by atoms with van der Waals surface area (Å²) < 4.78 is 1.44. The zero-order chi connectivity index (χ0) is 14.8. The molecule has 0 radical (unpaired) electrons. The van der Waals surface area contributed by atoms with Gasteiger partial charge in [0.1, 0.15) is 6.54 Å². The highest BCUT2D eigenvalue weighted by Gasteiger charge is 2.31. The van der Waals surface area contributed by atoms with Crippen LogP contribution in [0.2, 0.25) is 0 Å². The van der Waals surface area contributed by atoms with Gasteiger partial charge < -0.3 is 16.2 Å². The monoisotopic (exact) mass is 287 g/mol. The number of hydrogen-bond acceptors (Lipinski definition) is 5. The molecule has 0 unspecified atom stereocenters. The summed E-state index contributed by atoms with van der Waals surface area (Å²) in [5, 5.41) is 20.6. The summed E-state index contributed by atoms with van der Waals surface area (Å²) in [6.07, 6.45) is 1.60. The fourth-order valence-electron chi connectivity index (χ4n) is 2.62. The molecule has 110 valence electrons. The van der Waals surface area contributed by atoms with Gasteiger partial charge >= 0.3 is 0 Å². The molecule has 0 saturated heterocycles. The summed E-state index contributed by atoms with van der Waals surface area (Å²) in [6.45, 7) is 0.342. The van der Waals surface area contributed by atoms with Crippen LogP contribution in [0.4, 0.5) is 0 Å². The molecule has 0 saturated carbocycles. The molecule has 1 amide bonds. The van der Waals surface area contributed by atoms with Gasteiger partial charge in [-0.25, -0.2) is 4.68 Å². The Morgan fingerprint density at radius 2 is 2.29 bits per heavy atom. The van der Waals surface area contributed by atoms with E-state index in [0.717, 1.165) is 11.1 Å². The highest BCUT2D eigenvalue weighted by molar-refractivity contribution is 5.76. The molecule has 21 heavy (non-hydrogen) atoms. The number of aromatic nitrogens is 3. The number of rotatable bonds is 4. The number of carbonyl (C=O) groups excluding carboxylic acids is 1. The second kappa shape index (κ2) is 5.63. The lowest BCUT2D eigenvalue weighted by Gasteiger charge is -2.17. The molecule has 0 fully saturated rings. The number of aliphatic hydroxyl groups excluding tert-OH is 1. The van der Waals surface area contributed by atoms with Crippen molar-refractivity contribution in [2.45, 2.75) is 31.7 Å². The Morgan fingerprint density at radius 3 is 3.05 bits per heavy atom. The van der Waals surface area contributed by atoms with E-state index in [1.807, 2.05) is 24.3 Å². The number of benzene rings is 1. The molecule has 4 N–H and O–H groups in total. The molecule has 0 spiro atoms. The van der Waals surface area contributed by atoms with E-state index < -0.39 is 6.10 Å². The SMILES string of the molecule is NCc1cn(CC(=O)N[C@@H]2c3ccccc3C[C@@H]2O)nn1. The molecule has 0 bridgehead atoms. The fraction of sp³-hybridized carbons (Fsp3) is 0.357. The molecule has 1 aromatic carbocycles. The number of nitrogens with one attached hydrogen (secondary N) is 1. The molecular formula is C14H17N5O2. The number of amides is 1. The maximum atomic E-state index is 12.1. The third kappa shape index (κ3) is 2.79. The summed E-state index contributed by atoms with van der Waals surface area (Å²) in [7, 11) is 0. The summed E-state index contributed by atoms with van der Waals surface area (Å²) in [6, 6.07) is 7.36. The second-order valence-corrected chi connectivity index (χ2v) is 5.13. The Kier molecular flexibility index (Phi) is 3.68. The molecule has 3 rings (SSSR count). The van der Waals surface area contributed by atoms with E-state index in [9.17, 15) is 9.90 Å². The number of nitrogens with zero attached hydrogens (tertiary/aromatic N) is 3. The predicted octanol–water partition coefficient (Wildman–Crippen LogP) is -0.489. The average Bonchev–Trinajstić information content (AvgIpc) is 3.04. The average molecular weight is 287 g/mol. The molecule has 7 nitrogen and oxygen atoms in total. The van der Waals surface area contributed by atoms with Crippen LogP contribution in [0.1, 0.15) is 22.9 Å². The number of fused-ring (bicyclic) bond motifs is 1. The van der Waals surface area contributed by atoms with Gasteiger partial charge in [0.25, 0.3) is 0 Å². The molecule has 2 atom stereocenters. The number of carbonyl (C=O) groups is 1. The summed E-state index contributed by atoms with van der Waals surface area (Å²) in [5.41, 5.74) is 8.12. The molecular weight excluding hydrogens is 270 g/mol. The molecule has 7 heteroatoms. The smallest absolute Gasteiger partial charge is 0.242 e. The quantitative estimate of drug-likeness (QED) is 0.703. The molecule has 1 aliphatic rings. The van der Waals surface area contributed by atoms with Crippen molar-refractivity contribution in [3.05, 3.63) is 47.3 Å². The van der Waals surface area contributed by atoms with Crippen molar-refractivity contribution >= 4 is 5.91 Å². The lowest BCUT2D eigenvalue weighted by atomic mass is 10.1. The van der Waals surface area contributed by atoms with E-state index in [0.29, 0.717) is 12.1 Å². The maximum absolute atomic E-state index is 12.1. The van der Waals surface area contributed by atoms with Crippen LogP contribution in [0.5, 0.6) is 0 Å². The Hall–Kier alpha value is -2.25. The number of aliphatic hydroxyl groups is 1. The van der Waals surface area contributed by atoms with Gasteiger partial charge in [0.2, 0.25) is 5.91 Å². The summed E-state index contributed by atoms with van der Waals surface area (Å²) >= 11 is 0. The van der Waals surface area contributed by atoms with E-state index in [2.05, 4.69) is 15.6 Å². The molecule has 0 aliphatic heterocycles. The first-order chi connectivity index (χ1) is 10.2. The Morgan fingerprint density at radius 1 is 1.48 bits per heavy atom. The fourth-order valence-corrected chi connectivity index (χ4v) is 2.62. The highest BCUT2D eigenvalue weighted by Crippen LogP contribution is 2.31. The van der Waals surface area contributed by atoms with Crippen molar-refractivity contribution in [1.82, 2.24) is 20.3 Å². The standard InChI is InChI=1S/C14H17N5O2/c15-6-10-7-19(18-17-10)8-13(21)16-14-11-4-2-1-3-9(11)5-12(14)20/h1-4,7,12,14,20H,5-6,8,15H2,(H,16,21)/t12-,14+/m0/s1. The Labute approximate surface area is 121 Å². The van der Waals surface area contributed by atoms with Gasteiger partial charge in [-0.1, -0.05) is 29.5 Å². The van der Waals surface area contributed by atoms with E-state index in [1.165, 1.54) is 4.68 Å². The van der Waals surface area contributed by atoms with Gasteiger partial charge in [0, 0.05) is 13.0 Å². The summed E-state index contributed by atoms with van der Waals surface area (Å²) in [5.74, 6) is -0.218. The first kappa shape index (κ1) is 13.7. The van der Waals surface area contributed by atoms with Crippen LogP contribution >= 0.6 is 0 Å². The van der Waals surface area contributed by atoms with Crippen molar-refractivity contribution in [2.24, 2.45) is 5.73 Å². The lowest BCUT2D eigenvalue weighted by Crippen LogP contribution is -2.36. The van der Waals surface area contributed by atoms with Crippen LogP contribution in [0, 0.1) is 0 Å². The zero-order valence-corrected chi connectivity index (χ0v) is 11.4. The Balaban J connectivity index is 1.67. The first-order valence-corrected chi connectivity index (χ1v) is 6.81. The van der Waals surface area contributed by atoms with Gasteiger partial charge in [-0.05, 0) is 11.1 Å². The van der Waals surface area contributed by atoms with Crippen LogP contribution in [0.3, 0.4) is 0 Å². The van der Waals surface area contributed by atoms with Crippen LogP contribution in [-0.2, 0) is 24.3 Å². The zero-order valence-electron chi connectivity index (χ0n) is 11.4. The summed E-state index contributed by atoms with van der Waals surface area (Å²) in [4.78, 5) is 12.1. The van der Waals surface area contributed by atoms with E-state index in [1.54, 1.807) is 6.20 Å². The molecule has 1 heterocycles. The predicted molar refractivity (Wildman–Crippen MR) is 74.9 cm³/mol. The first-order valence-electron chi connectivity index (χ1n) is 6.81. The van der Waals surface area contributed by atoms with E-state index in [-0.39, 0.29) is 25.0 Å². The second-order valence-electron chi connectivity index (χ2n) is 5.13. The van der Waals surface area contributed by atoms with Crippen molar-refractivity contribution < 1.29 is 9.90 Å². The van der Waals surface area contributed by atoms with Gasteiger partial charge in [0.05, 0.1) is 24.0 Å². The van der Waals surface area contributed by atoms with Crippen molar-refractivity contribution in [3.63, 3.8) is 0 Å². The van der Waals surface area contributed by atoms with Crippen molar-refractivity contribution in [2.75, 3.05) is 0 Å². The van der Waals surface area contributed by atoms with Gasteiger partial charge in [-0.3, -0.25) is 4.79 Å². The highest BCUT2D eigenvalue weighted by atomic mass is 16.3. The van der Waals surface area contributed by atoms with Crippen LogP contribution in [-0.4, -0.2) is 32.1 Å². The number of nitrogens with two attached hydrogens (primary N) is 1. The van der Waals surface area contributed by atoms with Crippen LogP contribution in [0.15, 0.2) is 30.5 Å². The van der Waals surface area contributed by atoms with Crippen LogP contribution < -0.4 is 11.1 Å². The normalized spacial score (nSPS) is 20.3. The number of hydrogen-bond donors (Lipinski definition) is 3. The minimum Gasteiger partial charge on any atom is -0.390 e. The minimum atomic E-state index is -0.596. The Bertz CT molecular complexity index is 654. The largest absolute Gasteiger partial charge is 0.390 e. The van der Waals surface area contributed by atoms with Crippen molar-refractivity contribution in [3.8, 4) is 0 Å². The lowest BCUT2D eigenvalue weighted by molar-refractivity contribution is -0.123. The van der Waals surface area contributed by atoms with E-state index >= 15 is 0 Å². The maximum Gasteiger partial charge on any atom is 0.242 e. The molecule has 1 aliphatic carbocycles. The van der Waals surface area contributed by atoms with Crippen molar-refractivity contribution in [1.29, 1.82) is 0 Å². The van der Waals surface area contributed by atoms with Gasteiger partial charge in [-0.2, -0.15) is 0 Å². The third-order valence-electron chi connectivity index (χ3n) is 3.62. The molecule has 1 aromatic heterocycles. The third-order valence-corrected chi connectivity index (χ3v) is 3.62. The topological polar surface area (TPSA) is 106 Å². The molecule has 2 aromatic rings. The minimum absolute atomic E-state index is 0.0540. The van der Waals surface area contributed by atoms with Gasteiger partial charge in [0.15, 0.2) is 0 Å². The van der Waals surface area contributed by atoms with Crippen LogP contribution in [0.25, 0.3) is 0 Å². The van der Waals surface area contributed by atoms with Gasteiger partial charge in [-0.15, -0.1) is 5.10 Å². The van der Waals surface area contributed by atoms with E-state index in [4.69, 9.17) is 5.73 Å².